The molecule has 228 valence electrons. The Morgan fingerprint density at radius 2 is 1.86 bits per heavy atom. The van der Waals surface area contributed by atoms with Crippen LogP contribution in [-0.2, 0) is 22.3 Å². The van der Waals surface area contributed by atoms with Crippen molar-refractivity contribution in [2.24, 2.45) is 5.41 Å². The van der Waals surface area contributed by atoms with Crippen molar-refractivity contribution in [2.45, 2.75) is 50.5 Å². The van der Waals surface area contributed by atoms with Gasteiger partial charge in [-0.15, -0.1) is 11.8 Å². The molecular formula is C30H29F5N4O3S. The van der Waals surface area contributed by atoms with Crippen molar-refractivity contribution in [1.82, 2.24) is 14.5 Å². The molecule has 0 bridgehead atoms. The molecule has 43 heavy (non-hydrogen) atoms. The first kappa shape index (κ1) is 29.6. The summed E-state index contributed by atoms with van der Waals surface area (Å²) in [7, 11) is 0. The Morgan fingerprint density at radius 3 is 2.49 bits per heavy atom. The number of piperazine rings is 1. The summed E-state index contributed by atoms with van der Waals surface area (Å²) in [6, 6.07) is 1.85. The average Bonchev–Trinajstić information content (AvgIpc) is 3.12. The number of aromatic nitrogens is 2. The summed E-state index contributed by atoms with van der Waals surface area (Å²) in [4.78, 5) is 34.0. The van der Waals surface area contributed by atoms with E-state index < -0.39 is 51.6 Å². The van der Waals surface area contributed by atoms with E-state index in [4.69, 9.17) is 4.74 Å². The van der Waals surface area contributed by atoms with Crippen molar-refractivity contribution < 1.29 is 31.5 Å². The number of carbonyl (C=O) groups is 1. The van der Waals surface area contributed by atoms with Crippen molar-refractivity contribution >= 4 is 34.4 Å². The molecule has 2 aromatic carbocycles. The molecule has 1 amide bonds. The van der Waals surface area contributed by atoms with Gasteiger partial charge >= 0.3 is 11.9 Å². The molecule has 1 aromatic heterocycles. The fourth-order valence-corrected chi connectivity index (χ4v) is 7.69. The molecule has 13 heteroatoms. The molecule has 2 atom stereocenters. The lowest BCUT2D eigenvalue weighted by atomic mass is 9.88. The molecule has 7 nitrogen and oxygen atoms in total. The minimum Gasteiger partial charge on any atom is -0.380 e. The van der Waals surface area contributed by atoms with Crippen molar-refractivity contribution in [3.05, 3.63) is 64.1 Å². The lowest BCUT2D eigenvalue weighted by Gasteiger charge is -2.44. The summed E-state index contributed by atoms with van der Waals surface area (Å²) >= 11 is 1.12. The largest absolute Gasteiger partial charge is 0.417 e. The number of alkyl halides is 3. The zero-order valence-corrected chi connectivity index (χ0v) is 24.5. The van der Waals surface area contributed by atoms with E-state index in [-0.39, 0.29) is 58.8 Å². The number of hydrogen-bond acceptors (Lipinski definition) is 6. The number of ether oxygens (including phenoxy) is 1. The summed E-state index contributed by atoms with van der Waals surface area (Å²) in [5.41, 5.74) is -2.90. The van der Waals surface area contributed by atoms with E-state index in [1.165, 1.54) is 17.6 Å². The molecule has 0 N–H and O–H groups in total. The van der Waals surface area contributed by atoms with Crippen LogP contribution in [-0.4, -0.2) is 64.5 Å². The molecule has 3 aliphatic rings. The molecule has 1 unspecified atom stereocenters. The minimum absolute atomic E-state index is 0.0122. The molecular weight excluding hydrogens is 591 g/mol. The van der Waals surface area contributed by atoms with Crippen LogP contribution in [0.3, 0.4) is 0 Å². The fourth-order valence-electron chi connectivity index (χ4n) is 6.26. The van der Waals surface area contributed by atoms with Gasteiger partial charge < -0.3 is 14.5 Å². The highest BCUT2D eigenvalue weighted by Gasteiger charge is 2.45. The van der Waals surface area contributed by atoms with Crippen molar-refractivity contribution in [3.8, 4) is 11.1 Å². The average molecular weight is 621 g/mol. The predicted molar refractivity (Wildman–Crippen MR) is 153 cm³/mol. The summed E-state index contributed by atoms with van der Waals surface area (Å²) in [5, 5.41) is 0.0947. The zero-order chi connectivity index (χ0) is 31.0. The third kappa shape index (κ3) is 4.80. The lowest BCUT2D eigenvalue weighted by molar-refractivity contribution is -0.137. The van der Waals surface area contributed by atoms with Crippen molar-refractivity contribution in [3.63, 3.8) is 0 Å². The maximum absolute atomic E-state index is 15.4. The van der Waals surface area contributed by atoms with Gasteiger partial charge in [0.1, 0.15) is 17.5 Å². The number of benzene rings is 2. The third-order valence-electron chi connectivity index (χ3n) is 8.57. The molecule has 4 heterocycles. The molecule has 3 aliphatic heterocycles. The van der Waals surface area contributed by atoms with Crippen LogP contribution in [0.2, 0.25) is 0 Å². The van der Waals surface area contributed by atoms with E-state index >= 15 is 4.39 Å². The van der Waals surface area contributed by atoms with Crippen LogP contribution >= 0.6 is 11.8 Å². The lowest BCUT2D eigenvalue weighted by Crippen LogP contribution is -2.58. The zero-order valence-electron chi connectivity index (χ0n) is 23.7. The number of thioether (sulfide) groups is 1. The molecule has 6 rings (SSSR count). The number of rotatable bonds is 3. The van der Waals surface area contributed by atoms with E-state index in [1.807, 2.05) is 0 Å². The second kappa shape index (κ2) is 10.3. The Kier molecular flexibility index (Phi) is 7.11. The van der Waals surface area contributed by atoms with Gasteiger partial charge in [0.2, 0.25) is 5.91 Å². The number of amides is 1. The van der Waals surface area contributed by atoms with Gasteiger partial charge in [0, 0.05) is 70.4 Å². The summed E-state index contributed by atoms with van der Waals surface area (Å²) in [5.74, 6) is -1.89. The molecule has 2 fully saturated rings. The van der Waals surface area contributed by atoms with Gasteiger partial charge in [-0.05, 0) is 44.5 Å². The molecule has 1 spiro atoms. The van der Waals surface area contributed by atoms with Crippen molar-refractivity contribution in [2.75, 3.05) is 37.0 Å². The van der Waals surface area contributed by atoms with Gasteiger partial charge in [0.05, 0.1) is 24.3 Å². The second-order valence-corrected chi connectivity index (χ2v) is 12.7. The van der Waals surface area contributed by atoms with Crippen molar-refractivity contribution in [1.29, 1.82) is 0 Å². The first-order valence-electron chi connectivity index (χ1n) is 13.8. The van der Waals surface area contributed by atoms with Gasteiger partial charge in [0.15, 0.2) is 0 Å². The SMILES string of the molecule is C=CC(=O)N1CC(C)N(c2nc(=O)n3c4c(c(-c5cc(C)c(F)cc5F)c(C(F)(F)F)cc24)SCC2(COC2)C3)C[C@H]1C. The number of hydrogen-bond donors (Lipinski definition) is 0. The Labute approximate surface area is 248 Å². The van der Waals surface area contributed by atoms with Gasteiger partial charge in [-0.25, -0.2) is 13.6 Å². The second-order valence-electron chi connectivity index (χ2n) is 11.7. The molecule has 3 aromatic rings. The van der Waals surface area contributed by atoms with Crippen LogP contribution in [0.25, 0.3) is 22.0 Å². The van der Waals surface area contributed by atoms with Gasteiger partial charge in [-0.2, -0.15) is 18.2 Å². The number of nitrogens with zero attached hydrogens (tertiary/aromatic N) is 4. The third-order valence-corrected chi connectivity index (χ3v) is 10.0. The molecule has 2 saturated heterocycles. The Balaban J connectivity index is 1.67. The highest BCUT2D eigenvalue weighted by Crippen LogP contribution is 2.51. The van der Waals surface area contributed by atoms with E-state index in [9.17, 15) is 27.2 Å². The van der Waals surface area contributed by atoms with Crippen LogP contribution in [0.1, 0.15) is 25.0 Å². The predicted octanol–water partition coefficient (Wildman–Crippen LogP) is 5.40. The smallest absolute Gasteiger partial charge is 0.380 e. The first-order valence-corrected chi connectivity index (χ1v) is 14.8. The van der Waals surface area contributed by atoms with E-state index in [0.717, 1.165) is 23.9 Å². The van der Waals surface area contributed by atoms with Crippen LogP contribution < -0.4 is 10.6 Å². The summed E-state index contributed by atoms with van der Waals surface area (Å²) in [6.45, 7) is 9.75. The van der Waals surface area contributed by atoms with Gasteiger partial charge in [0.25, 0.3) is 0 Å². The highest BCUT2D eigenvalue weighted by molar-refractivity contribution is 7.99. The topological polar surface area (TPSA) is 67.7 Å². The molecule has 0 radical (unpaired) electrons. The molecule has 0 saturated carbocycles. The molecule has 0 aliphatic carbocycles. The Hall–Kier alpha value is -3.45. The van der Waals surface area contributed by atoms with Crippen LogP contribution in [0.4, 0.5) is 27.8 Å². The minimum atomic E-state index is -4.93. The number of carbonyl (C=O) groups excluding carboxylic acids is 1. The van der Waals surface area contributed by atoms with Gasteiger partial charge in [-0.1, -0.05) is 6.58 Å². The van der Waals surface area contributed by atoms with E-state index in [1.54, 1.807) is 23.6 Å². The fraction of sp³-hybridized carbons (Fsp3) is 0.433. The van der Waals surface area contributed by atoms with E-state index in [2.05, 4.69) is 11.6 Å². The van der Waals surface area contributed by atoms with Crippen LogP contribution in [0, 0.1) is 24.0 Å². The maximum atomic E-state index is 15.4. The quantitative estimate of drug-likeness (QED) is 0.289. The van der Waals surface area contributed by atoms with Crippen LogP contribution in [0.15, 0.2) is 40.5 Å². The Bertz CT molecular complexity index is 1740. The number of aryl methyl sites for hydroxylation is 1. The van der Waals surface area contributed by atoms with Crippen LogP contribution in [0.5, 0.6) is 0 Å². The monoisotopic (exact) mass is 620 g/mol. The Morgan fingerprint density at radius 1 is 1.14 bits per heavy atom. The first-order chi connectivity index (χ1) is 20.2. The van der Waals surface area contributed by atoms with Gasteiger partial charge in [-0.3, -0.25) is 9.36 Å². The summed E-state index contributed by atoms with van der Waals surface area (Å²) in [6.07, 6.45) is -3.72. The number of anilines is 1. The number of halogens is 5. The normalized spacial score (nSPS) is 21.6. The standard InChI is InChI=1S/C30H29F5N4O3S/c1-5-23(40)37-9-17(4)38(10-16(37)3)27-19-7-20(30(33,34)35)24(18-6-15(2)21(31)8-22(18)32)26-25(19)39(28(41)36-27)11-29(14-43-26)12-42-13-29/h5-8,16-17H,1,9-14H2,2-4H3/t16-,17?/m1/s1. The maximum Gasteiger partial charge on any atom is 0.417 e. The van der Waals surface area contributed by atoms with E-state index in [0.29, 0.717) is 25.0 Å². The highest BCUT2D eigenvalue weighted by atomic mass is 32.2. The summed E-state index contributed by atoms with van der Waals surface area (Å²) < 4.78 is 81.2.